The Morgan fingerprint density at radius 2 is 1.93 bits per heavy atom. The Balaban J connectivity index is 1.93. The van der Waals surface area contributed by atoms with Gasteiger partial charge in [-0.3, -0.25) is 9.69 Å². The van der Waals surface area contributed by atoms with Crippen LogP contribution in [0.3, 0.4) is 0 Å². The second-order valence-corrected chi connectivity index (χ2v) is 4.96. The van der Waals surface area contributed by atoms with Gasteiger partial charge in [-0.05, 0) is 26.7 Å². The average Bonchev–Trinajstić information content (AvgIpc) is 2.23. The summed E-state index contributed by atoms with van der Waals surface area (Å²) in [5, 5.41) is 0. The molecule has 15 heavy (non-hydrogen) atoms. The first kappa shape index (κ1) is 11.1. The van der Waals surface area contributed by atoms with Crippen molar-refractivity contribution in [3.05, 3.63) is 0 Å². The molecule has 0 amide bonds. The van der Waals surface area contributed by atoms with Crippen molar-refractivity contribution in [1.29, 1.82) is 0 Å². The van der Waals surface area contributed by atoms with Gasteiger partial charge in [0.25, 0.3) is 0 Å². The normalized spacial score (nSPS) is 35.7. The van der Waals surface area contributed by atoms with Crippen LogP contribution in [0.25, 0.3) is 0 Å². The highest BCUT2D eigenvalue weighted by Gasteiger charge is 2.31. The van der Waals surface area contributed by atoms with E-state index in [1.807, 2.05) is 0 Å². The molecule has 0 N–H and O–H groups in total. The Kier molecular flexibility index (Phi) is 3.42. The third kappa shape index (κ3) is 2.58. The lowest BCUT2D eigenvalue weighted by Gasteiger charge is -2.43. The lowest BCUT2D eigenvalue weighted by Crippen LogP contribution is -2.52. The number of hydrogen-bond donors (Lipinski definition) is 0. The number of rotatable bonds is 1. The van der Waals surface area contributed by atoms with Crippen molar-refractivity contribution in [3.63, 3.8) is 0 Å². The van der Waals surface area contributed by atoms with Crippen molar-refractivity contribution in [2.75, 3.05) is 13.2 Å². The van der Waals surface area contributed by atoms with E-state index in [2.05, 4.69) is 18.7 Å². The van der Waals surface area contributed by atoms with Gasteiger partial charge in [-0.1, -0.05) is 0 Å². The van der Waals surface area contributed by atoms with E-state index in [9.17, 15) is 4.79 Å². The van der Waals surface area contributed by atoms with Crippen LogP contribution >= 0.6 is 0 Å². The molecule has 1 aliphatic heterocycles. The summed E-state index contributed by atoms with van der Waals surface area (Å²) in [5.74, 6) is 0.445. The summed E-state index contributed by atoms with van der Waals surface area (Å²) in [6.07, 6.45) is 4.01. The molecule has 3 nitrogen and oxygen atoms in total. The molecule has 2 fully saturated rings. The Labute approximate surface area is 91.8 Å². The molecule has 2 rings (SSSR count). The minimum atomic E-state index is 0.346. The highest BCUT2D eigenvalue weighted by Crippen LogP contribution is 2.25. The van der Waals surface area contributed by atoms with Crippen molar-refractivity contribution >= 4 is 5.78 Å². The molecule has 0 aromatic heterocycles. The van der Waals surface area contributed by atoms with Gasteiger partial charge in [0.15, 0.2) is 0 Å². The fraction of sp³-hybridized carbons (Fsp3) is 0.917. The van der Waals surface area contributed by atoms with Gasteiger partial charge in [-0.25, -0.2) is 0 Å². The van der Waals surface area contributed by atoms with Gasteiger partial charge in [-0.2, -0.15) is 0 Å². The van der Waals surface area contributed by atoms with E-state index in [0.717, 1.165) is 38.8 Å². The number of nitrogens with zero attached hydrogens (tertiary/aromatic N) is 1. The molecule has 86 valence electrons. The smallest absolute Gasteiger partial charge is 0.133 e. The summed E-state index contributed by atoms with van der Waals surface area (Å²) in [6, 6.07) is 1.13. The van der Waals surface area contributed by atoms with Crippen LogP contribution in [0.15, 0.2) is 0 Å². The predicted octanol–water partition coefficient (Wildman–Crippen LogP) is 1.61. The lowest BCUT2D eigenvalue weighted by molar-refractivity contribution is -0.123. The Morgan fingerprint density at radius 3 is 2.60 bits per heavy atom. The highest BCUT2D eigenvalue weighted by molar-refractivity contribution is 5.79. The maximum absolute atomic E-state index is 11.2. The van der Waals surface area contributed by atoms with E-state index >= 15 is 0 Å². The Bertz CT molecular complexity index is 232. The van der Waals surface area contributed by atoms with E-state index in [0.29, 0.717) is 24.0 Å². The molecule has 1 aliphatic carbocycles. The number of morpholine rings is 1. The molecular formula is C12H21NO2. The first-order valence-corrected chi connectivity index (χ1v) is 6.06. The molecule has 0 radical (unpaired) electrons. The zero-order valence-corrected chi connectivity index (χ0v) is 9.74. The van der Waals surface area contributed by atoms with Crippen LogP contribution in [0.5, 0.6) is 0 Å². The van der Waals surface area contributed by atoms with Crippen molar-refractivity contribution in [2.45, 2.75) is 57.7 Å². The van der Waals surface area contributed by atoms with E-state index in [1.165, 1.54) is 0 Å². The van der Waals surface area contributed by atoms with Crippen LogP contribution in [0.4, 0.5) is 0 Å². The molecule has 0 spiro atoms. The molecular weight excluding hydrogens is 190 g/mol. The molecule has 0 bridgehead atoms. The molecule has 1 saturated heterocycles. The van der Waals surface area contributed by atoms with Crippen molar-refractivity contribution < 1.29 is 9.53 Å². The van der Waals surface area contributed by atoms with Crippen LogP contribution in [0.2, 0.25) is 0 Å². The fourth-order valence-electron chi connectivity index (χ4n) is 2.69. The second-order valence-electron chi connectivity index (χ2n) is 4.96. The second kappa shape index (κ2) is 4.62. The highest BCUT2D eigenvalue weighted by atomic mass is 16.5. The summed E-state index contributed by atoms with van der Waals surface area (Å²) < 4.78 is 5.62. The van der Waals surface area contributed by atoms with Gasteiger partial charge in [0, 0.05) is 31.5 Å². The number of carbonyl (C=O) groups excluding carboxylic acids is 1. The number of ether oxygens (including phenoxy) is 1. The quantitative estimate of drug-likeness (QED) is 0.660. The third-order valence-corrected chi connectivity index (χ3v) is 3.64. The fourth-order valence-corrected chi connectivity index (χ4v) is 2.69. The van der Waals surface area contributed by atoms with E-state index < -0.39 is 0 Å². The van der Waals surface area contributed by atoms with Crippen molar-refractivity contribution in [2.24, 2.45) is 0 Å². The van der Waals surface area contributed by atoms with Crippen LogP contribution in [-0.4, -0.2) is 42.0 Å². The van der Waals surface area contributed by atoms with Gasteiger partial charge in [0.2, 0.25) is 0 Å². The van der Waals surface area contributed by atoms with Crippen molar-refractivity contribution in [1.82, 2.24) is 4.90 Å². The molecule has 2 atom stereocenters. The Morgan fingerprint density at radius 1 is 1.27 bits per heavy atom. The zero-order valence-electron chi connectivity index (χ0n) is 9.74. The first-order valence-electron chi connectivity index (χ1n) is 6.06. The standard InChI is InChI=1S/C12H21NO2/c1-9-8-15-10(2)7-13(9)11-3-5-12(14)6-4-11/h9-11H,3-8H2,1-2H3. The summed E-state index contributed by atoms with van der Waals surface area (Å²) in [7, 11) is 0. The first-order chi connectivity index (χ1) is 7.16. The zero-order chi connectivity index (χ0) is 10.8. The van der Waals surface area contributed by atoms with Gasteiger partial charge >= 0.3 is 0 Å². The summed E-state index contributed by atoms with van der Waals surface area (Å²) in [5.41, 5.74) is 0. The summed E-state index contributed by atoms with van der Waals surface area (Å²) >= 11 is 0. The average molecular weight is 211 g/mol. The van der Waals surface area contributed by atoms with E-state index in [-0.39, 0.29) is 0 Å². The number of ketones is 1. The van der Waals surface area contributed by atoms with Gasteiger partial charge in [-0.15, -0.1) is 0 Å². The molecule has 3 heteroatoms. The molecule has 0 aromatic carbocycles. The van der Waals surface area contributed by atoms with Gasteiger partial charge in [0.05, 0.1) is 12.7 Å². The van der Waals surface area contributed by atoms with Gasteiger partial charge in [0.1, 0.15) is 5.78 Å². The van der Waals surface area contributed by atoms with Crippen LogP contribution in [0, 0.1) is 0 Å². The molecule has 2 unspecified atom stereocenters. The minimum absolute atomic E-state index is 0.346. The van der Waals surface area contributed by atoms with E-state index in [1.54, 1.807) is 0 Å². The van der Waals surface area contributed by atoms with Crippen molar-refractivity contribution in [3.8, 4) is 0 Å². The maximum Gasteiger partial charge on any atom is 0.133 e. The number of hydrogen-bond acceptors (Lipinski definition) is 3. The molecule has 1 heterocycles. The maximum atomic E-state index is 11.2. The molecule has 1 saturated carbocycles. The summed E-state index contributed by atoms with van der Waals surface area (Å²) in [4.78, 5) is 13.7. The minimum Gasteiger partial charge on any atom is -0.376 e. The van der Waals surface area contributed by atoms with E-state index in [4.69, 9.17) is 4.74 Å². The van der Waals surface area contributed by atoms with Gasteiger partial charge < -0.3 is 4.74 Å². The SMILES string of the molecule is CC1CN(C2CCC(=O)CC2)C(C)CO1. The largest absolute Gasteiger partial charge is 0.376 e. The lowest BCUT2D eigenvalue weighted by atomic mass is 9.92. The third-order valence-electron chi connectivity index (χ3n) is 3.64. The molecule has 0 aromatic rings. The Hall–Kier alpha value is -0.410. The van der Waals surface area contributed by atoms with Crippen LogP contribution < -0.4 is 0 Å². The number of carbonyl (C=O) groups is 1. The topological polar surface area (TPSA) is 29.5 Å². The van der Waals surface area contributed by atoms with Crippen LogP contribution in [0.1, 0.15) is 39.5 Å². The number of Topliss-reactive ketones (excluding diaryl/α,β-unsaturated/α-hetero) is 1. The monoisotopic (exact) mass is 211 g/mol. The summed E-state index contributed by atoms with van der Waals surface area (Å²) in [6.45, 7) is 6.22. The predicted molar refractivity (Wildman–Crippen MR) is 58.8 cm³/mol. The molecule has 2 aliphatic rings. The van der Waals surface area contributed by atoms with Crippen LogP contribution in [-0.2, 0) is 9.53 Å².